The lowest BCUT2D eigenvalue weighted by Crippen LogP contribution is -2.37. The second kappa shape index (κ2) is 7.47. The minimum Gasteiger partial charge on any atom is -0.467 e. The Kier molecular flexibility index (Phi) is 4.52. The topological polar surface area (TPSA) is 62.2 Å². The number of anilines is 1. The van der Waals surface area contributed by atoms with Gasteiger partial charge in [-0.25, -0.2) is 5.01 Å². The standard InChI is InChI=1S/C23H21N3O3/c27-23(16-25-12-11-17-5-1-2-7-20(17)25)26-21(22-8-4-14-29-22)15-18(24-26)9-10-19-6-3-13-28-19/h1-10,13-14,21H,11-12,15-16H2/b10-9+. The highest BCUT2D eigenvalue weighted by molar-refractivity contribution is 6.01. The molecular formula is C23H21N3O3. The van der Waals surface area contributed by atoms with Crippen LogP contribution in [0.15, 0.2) is 81.1 Å². The van der Waals surface area contributed by atoms with Crippen LogP contribution in [-0.4, -0.2) is 29.7 Å². The van der Waals surface area contributed by atoms with E-state index in [-0.39, 0.29) is 11.9 Å². The van der Waals surface area contributed by atoms with Gasteiger partial charge in [0.1, 0.15) is 17.6 Å². The number of para-hydroxylation sites is 1. The average Bonchev–Trinajstić information content (AvgIpc) is 3.53. The van der Waals surface area contributed by atoms with Crippen LogP contribution in [0.2, 0.25) is 0 Å². The van der Waals surface area contributed by atoms with Crippen molar-refractivity contribution in [2.45, 2.75) is 18.9 Å². The Balaban J connectivity index is 1.37. The van der Waals surface area contributed by atoms with E-state index in [1.807, 2.05) is 48.6 Å². The predicted molar refractivity (Wildman–Crippen MR) is 110 cm³/mol. The molecule has 6 nitrogen and oxygen atoms in total. The molecule has 1 atom stereocenters. The molecule has 0 saturated carbocycles. The third kappa shape index (κ3) is 3.49. The van der Waals surface area contributed by atoms with Crippen LogP contribution in [0.4, 0.5) is 5.69 Å². The summed E-state index contributed by atoms with van der Waals surface area (Å²) in [5.41, 5.74) is 3.24. The number of fused-ring (bicyclic) bond motifs is 1. The van der Waals surface area contributed by atoms with Gasteiger partial charge in [-0.2, -0.15) is 5.10 Å². The maximum Gasteiger partial charge on any atom is 0.262 e. The molecule has 1 unspecified atom stereocenters. The summed E-state index contributed by atoms with van der Waals surface area (Å²) in [6.07, 6.45) is 8.59. The van der Waals surface area contributed by atoms with Crippen LogP contribution in [0, 0.1) is 0 Å². The second-order valence-electron chi connectivity index (χ2n) is 7.21. The van der Waals surface area contributed by atoms with Crippen molar-refractivity contribution in [3.8, 4) is 0 Å². The van der Waals surface area contributed by atoms with Gasteiger partial charge in [-0.1, -0.05) is 18.2 Å². The summed E-state index contributed by atoms with van der Waals surface area (Å²) in [6, 6.07) is 15.5. The molecule has 0 spiro atoms. The van der Waals surface area contributed by atoms with Gasteiger partial charge in [-0.05, 0) is 54.5 Å². The molecule has 1 aromatic carbocycles. The highest BCUT2D eigenvalue weighted by Crippen LogP contribution is 2.33. The fourth-order valence-corrected chi connectivity index (χ4v) is 3.94. The van der Waals surface area contributed by atoms with Gasteiger partial charge in [0.05, 0.1) is 24.8 Å². The summed E-state index contributed by atoms with van der Waals surface area (Å²) in [4.78, 5) is 15.3. The molecule has 5 rings (SSSR count). The Labute approximate surface area is 168 Å². The molecule has 2 aromatic heterocycles. The number of carbonyl (C=O) groups excluding carboxylic acids is 1. The van der Waals surface area contributed by atoms with Crippen LogP contribution < -0.4 is 4.90 Å². The van der Waals surface area contributed by atoms with Crippen molar-refractivity contribution < 1.29 is 13.6 Å². The van der Waals surface area contributed by atoms with E-state index in [1.165, 1.54) is 5.56 Å². The van der Waals surface area contributed by atoms with E-state index in [0.717, 1.165) is 35.9 Å². The molecule has 3 aromatic rings. The fourth-order valence-electron chi connectivity index (χ4n) is 3.94. The smallest absolute Gasteiger partial charge is 0.262 e. The van der Waals surface area contributed by atoms with Gasteiger partial charge in [0.15, 0.2) is 0 Å². The van der Waals surface area contributed by atoms with Crippen LogP contribution in [0.5, 0.6) is 0 Å². The van der Waals surface area contributed by atoms with Crippen molar-refractivity contribution in [2.75, 3.05) is 18.0 Å². The van der Waals surface area contributed by atoms with Crippen molar-refractivity contribution in [1.29, 1.82) is 0 Å². The molecule has 2 aliphatic heterocycles. The summed E-state index contributed by atoms with van der Waals surface area (Å²) in [5.74, 6) is 1.45. The van der Waals surface area contributed by atoms with E-state index in [0.29, 0.717) is 13.0 Å². The molecule has 1 amide bonds. The molecular weight excluding hydrogens is 366 g/mol. The van der Waals surface area contributed by atoms with E-state index in [4.69, 9.17) is 8.83 Å². The SMILES string of the molecule is O=C(CN1CCc2ccccc21)N1N=C(/C=C/c2ccco2)CC1c1ccco1. The number of hydrazone groups is 1. The van der Waals surface area contributed by atoms with E-state index in [9.17, 15) is 4.79 Å². The van der Waals surface area contributed by atoms with Gasteiger partial charge in [-0.15, -0.1) is 0 Å². The molecule has 2 aliphatic rings. The van der Waals surface area contributed by atoms with Gasteiger partial charge in [0.25, 0.3) is 5.91 Å². The van der Waals surface area contributed by atoms with Gasteiger partial charge < -0.3 is 13.7 Å². The third-order valence-corrected chi connectivity index (χ3v) is 5.35. The van der Waals surface area contributed by atoms with Gasteiger partial charge in [0, 0.05) is 18.7 Å². The average molecular weight is 387 g/mol. The number of hydrogen-bond donors (Lipinski definition) is 0. The molecule has 0 N–H and O–H groups in total. The van der Waals surface area contributed by atoms with Gasteiger partial charge >= 0.3 is 0 Å². The van der Waals surface area contributed by atoms with E-state index >= 15 is 0 Å². The Morgan fingerprint density at radius 2 is 1.93 bits per heavy atom. The number of furan rings is 2. The van der Waals surface area contributed by atoms with E-state index in [1.54, 1.807) is 17.5 Å². The summed E-state index contributed by atoms with van der Waals surface area (Å²) in [6.45, 7) is 1.15. The number of carbonyl (C=O) groups is 1. The minimum atomic E-state index is -0.230. The maximum atomic E-state index is 13.2. The van der Waals surface area contributed by atoms with Crippen LogP contribution in [0.25, 0.3) is 6.08 Å². The Hall–Kier alpha value is -3.54. The first kappa shape index (κ1) is 17.6. The van der Waals surface area contributed by atoms with Crippen molar-refractivity contribution in [1.82, 2.24) is 5.01 Å². The molecule has 4 heterocycles. The molecule has 0 bridgehead atoms. The number of amides is 1. The summed E-state index contributed by atoms with van der Waals surface area (Å²) >= 11 is 0. The lowest BCUT2D eigenvalue weighted by Gasteiger charge is -2.24. The van der Waals surface area contributed by atoms with Crippen LogP contribution in [-0.2, 0) is 11.2 Å². The zero-order valence-electron chi connectivity index (χ0n) is 15.9. The van der Waals surface area contributed by atoms with Crippen molar-refractivity contribution >= 4 is 23.4 Å². The summed E-state index contributed by atoms with van der Waals surface area (Å²) in [7, 11) is 0. The van der Waals surface area contributed by atoms with Crippen LogP contribution in [0.3, 0.4) is 0 Å². The zero-order valence-corrected chi connectivity index (χ0v) is 15.9. The number of hydrogen-bond acceptors (Lipinski definition) is 5. The number of allylic oxidation sites excluding steroid dienone is 1. The highest BCUT2D eigenvalue weighted by Gasteiger charge is 2.35. The van der Waals surface area contributed by atoms with Crippen molar-refractivity contribution in [3.05, 3.63) is 84.2 Å². The van der Waals surface area contributed by atoms with E-state index in [2.05, 4.69) is 22.1 Å². The first-order valence-corrected chi connectivity index (χ1v) is 9.75. The molecule has 0 fully saturated rings. The summed E-state index contributed by atoms with van der Waals surface area (Å²) < 4.78 is 10.9. The third-order valence-electron chi connectivity index (χ3n) is 5.35. The fraction of sp³-hybridized carbons (Fsp3) is 0.217. The van der Waals surface area contributed by atoms with Crippen molar-refractivity contribution in [3.63, 3.8) is 0 Å². The summed E-state index contributed by atoms with van der Waals surface area (Å²) in [5, 5.41) is 6.18. The highest BCUT2D eigenvalue weighted by atomic mass is 16.3. The predicted octanol–water partition coefficient (Wildman–Crippen LogP) is 4.28. The molecule has 6 heteroatoms. The monoisotopic (exact) mass is 387 g/mol. The number of benzene rings is 1. The van der Waals surface area contributed by atoms with E-state index < -0.39 is 0 Å². The number of nitrogens with zero attached hydrogens (tertiary/aromatic N) is 3. The first-order chi connectivity index (χ1) is 14.3. The maximum absolute atomic E-state index is 13.2. The Morgan fingerprint density at radius 3 is 2.76 bits per heavy atom. The molecule has 0 saturated heterocycles. The normalized spacial score (nSPS) is 18.5. The first-order valence-electron chi connectivity index (χ1n) is 9.75. The molecule has 0 radical (unpaired) electrons. The lowest BCUT2D eigenvalue weighted by atomic mass is 10.1. The van der Waals surface area contributed by atoms with Gasteiger partial charge in [-0.3, -0.25) is 4.79 Å². The largest absolute Gasteiger partial charge is 0.467 e. The van der Waals surface area contributed by atoms with Crippen LogP contribution in [0.1, 0.15) is 29.5 Å². The molecule has 0 aliphatic carbocycles. The minimum absolute atomic E-state index is 0.0375. The van der Waals surface area contributed by atoms with Gasteiger partial charge in [0.2, 0.25) is 0 Å². The molecule has 146 valence electrons. The Bertz CT molecular complexity index is 1050. The quantitative estimate of drug-likeness (QED) is 0.656. The zero-order chi connectivity index (χ0) is 19.6. The number of rotatable bonds is 5. The Morgan fingerprint density at radius 1 is 1.07 bits per heavy atom. The van der Waals surface area contributed by atoms with Crippen LogP contribution >= 0.6 is 0 Å². The molecule has 29 heavy (non-hydrogen) atoms. The second-order valence-corrected chi connectivity index (χ2v) is 7.21. The van der Waals surface area contributed by atoms with Crippen molar-refractivity contribution in [2.24, 2.45) is 5.10 Å². The lowest BCUT2D eigenvalue weighted by molar-refractivity contribution is -0.131.